The van der Waals surface area contributed by atoms with Gasteiger partial charge in [-0.1, -0.05) is 52.3 Å². The lowest BCUT2D eigenvalue weighted by Crippen LogP contribution is -2.49. The van der Waals surface area contributed by atoms with Gasteiger partial charge >= 0.3 is 0 Å². The number of aliphatic hydroxyl groups excluding tert-OH is 1. The highest BCUT2D eigenvalue weighted by atomic mass is 79.9. The van der Waals surface area contributed by atoms with E-state index in [2.05, 4.69) is 21.2 Å². The molecule has 0 saturated carbocycles. The van der Waals surface area contributed by atoms with Crippen LogP contribution < -0.4 is 14.8 Å². The maximum absolute atomic E-state index is 13.7. The fraction of sp³-hybridized carbons (Fsp3) is 0.333. The highest BCUT2D eigenvalue weighted by Gasteiger charge is 2.44. The molecule has 3 aromatic rings. The van der Waals surface area contributed by atoms with Crippen LogP contribution in [0.15, 0.2) is 82.3 Å². The normalized spacial score (nSPS) is 16.4. The first-order valence-corrected chi connectivity index (χ1v) is 13.6. The lowest BCUT2D eigenvalue weighted by atomic mass is 9.91. The third-order valence-electron chi connectivity index (χ3n) is 6.25. The Morgan fingerprint density at radius 1 is 1.05 bits per heavy atom. The number of ether oxygens (including phenoxy) is 3. The summed E-state index contributed by atoms with van der Waals surface area (Å²) in [5.41, 5.74) is 1.69. The van der Waals surface area contributed by atoms with E-state index in [4.69, 9.17) is 24.3 Å². The predicted octanol–water partition coefficient (Wildman–Crippen LogP) is 4.73. The number of hydrogen-bond donors (Lipinski definition) is 2. The molecule has 0 radical (unpaired) electrons. The Morgan fingerprint density at radius 3 is 2.53 bits per heavy atom. The Kier molecular flexibility index (Phi) is 9.79. The molecule has 1 aliphatic rings. The quantitative estimate of drug-likeness (QED) is 0.285. The molecule has 1 aliphatic heterocycles. The zero-order valence-corrected chi connectivity index (χ0v) is 23.1. The number of carbonyl (C=O) groups excluding carboxylic acids is 1. The molecular weight excluding hydrogens is 548 g/mol. The number of rotatable bonds is 13. The Morgan fingerprint density at radius 2 is 1.79 bits per heavy atom. The van der Waals surface area contributed by atoms with E-state index in [9.17, 15) is 4.79 Å². The molecule has 0 bridgehead atoms. The summed E-state index contributed by atoms with van der Waals surface area (Å²) in [6, 6.07) is 23.1. The Balaban J connectivity index is 1.52. The summed E-state index contributed by atoms with van der Waals surface area (Å²) >= 11 is 3.61. The van der Waals surface area contributed by atoms with Crippen molar-refractivity contribution < 1.29 is 24.1 Å². The number of nitrogens with zero attached hydrogens (tertiary/aromatic N) is 1. The van der Waals surface area contributed by atoms with Gasteiger partial charge in [-0.25, -0.2) is 4.99 Å². The molecule has 2 N–H and O–H groups in total. The standard InChI is InChI=1S/C30H33BrN2O5/c1-2-36-27-11-6-4-8-22(27)16-17-32-29(35)30(20-24-9-3-5-10-26(24)31)21-38-28(33-30)23-12-14-25(15-13-23)37-19-7-18-34/h3-6,8-15,34H,2,7,16-21H2,1H3,(H,32,35)/t30-/m1/s1. The van der Waals surface area contributed by atoms with Crippen LogP contribution in [0.4, 0.5) is 0 Å². The number of benzene rings is 3. The van der Waals surface area contributed by atoms with E-state index in [1.54, 1.807) is 0 Å². The van der Waals surface area contributed by atoms with Gasteiger partial charge in [-0.2, -0.15) is 0 Å². The van der Waals surface area contributed by atoms with Gasteiger partial charge in [-0.05, 0) is 60.9 Å². The van der Waals surface area contributed by atoms with Crippen molar-refractivity contribution in [1.82, 2.24) is 5.32 Å². The van der Waals surface area contributed by atoms with E-state index < -0.39 is 5.54 Å². The first-order valence-electron chi connectivity index (χ1n) is 12.8. The minimum absolute atomic E-state index is 0.0867. The molecule has 0 aromatic heterocycles. The van der Waals surface area contributed by atoms with Crippen LogP contribution in [-0.2, 0) is 22.4 Å². The van der Waals surface area contributed by atoms with Gasteiger partial charge in [0.1, 0.15) is 18.1 Å². The molecule has 0 fully saturated rings. The van der Waals surface area contributed by atoms with Gasteiger partial charge in [0.05, 0.1) is 13.2 Å². The van der Waals surface area contributed by atoms with Crippen molar-refractivity contribution in [3.63, 3.8) is 0 Å². The van der Waals surface area contributed by atoms with Gasteiger partial charge in [0, 0.05) is 36.0 Å². The maximum Gasteiger partial charge on any atom is 0.251 e. The van der Waals surface area contributed by atoms with Crippen LogP contribution in [-0.4, -0.2) is 55.4 Å². The molecule has 38 heavy (non-hydrogen) atoms. The van der Waals surface area contributed by atoms with Crippen molar-refractivity contribution >= 4 is 27.7 Å². The van der Waals surface area contributed by atoms with Crippen molar-refractivity contribution in [2.75, 3.05) is 33.0 Å². The monoisotopic (exact) mass is 580 g/mol. The zero-order valence-electron chi connectivity index (χ0n) is 21.5. The average molecular weight is 582 g/mol. The number of nitrogens with one attached hydrogen (secondary N) is 1. The smallest absolute Gasteiger partial charge is 0.251 e. The number of halogens is 1. The SMILES string of the molecule is CCOc1ccccc1CCNC(=O)[C@@]1(Cc2ccccc2Br)COC(c2ccc(OCCCO)cc2)=N1. The fourth-order valence-electron chi connectivity index (χ4n) is 4.27. The summed E-state index contributed by atoms with van der Waals surface area (Å²) in [5.74, 6) is 1.78. The van der Waals surface area contributed by atoms with Crippen molar-refractivity contribution in [2.45, 2.75) is 31.7 Å². The van der Waals surface area contributed by atoms with Crippen LogP contribution in [0.3, 0.4) is 0 Å². The van der Waals surface area contributed by atoms with Crippen molar-refractivity contribution in [3.05, 3.63) is 94.0 Å². The number of carbonyl (C=O) groups is 1. The fourth-order valence-corrected chi connectivity index (χ4v) is 4.69. The third-order valence-corrected chi connectivity index (χ3v) is 7.03. The second-order valence-electron chi connectivity index (χ2n) is 9.00. The topological polar surface area (TPSA) is 89.4 Å². The number of aliphatic imine (C=N–C) groups is 1. The van der Waals surface area contributed by atoms with E-state index in [-0.39, 0.29) is 19.1 Å². The molecular formula is C30H33BrN2O5. The summed E-state index contributed by atoms with van der Waals surface area (Å²) in [5, 5.41) is 12.0. The lowest BCUT2D eigenvalue weighted by molar-refractivity contribution is -0.126. The van der Waals surface area contributed by atoms with Crippen LogP contribution in [0, 0.1) is 0 Å². The minimum Gasteiger partial charge on any atom is -0.494 e. The summed E-state index contributed by atoms with van der Waals surface area (Å²) in [6.07, 6.45) is 1.60. The predicted molar refractivity (Wildman–Crippen MR) is 151 cm³/mol. The second kappa shape index (κ2) is 13.4. The second-order valence-corrected chi connectivity index (χ2v) is 9.86. The summed E-state index contributed by atoms with van der Waals surface area (Å²) < 4.78 is 18.3. The van der Waals surface area contributed by atoms with E-state index in [1.165, 1.54) is 0 Å². The minimum atomic E-state index is -1.10. The summed E-state index contributed by atoms with van der Waals surface area (Å²) in [6.45, 7) is 3.66. The molecule has 7 nitrogen and oxygen atoms in total. The highest BCUT2D eigenvalue weighted by Crippen LogP contribution is 2.30. The van der Waals surface area contributed by atoms with Gasteiger partial charge < -0.3 is 24.6 Å². The average Bonchev–Trinajstić information content (AvgIpc) is 3.37. The van der Waals surface area contributed by atoms with Gasteiger partial charge in [-0.15, -0.1) is 0 Å². The number of aliphatic hydroxyl groups is 1. The molecule has 0 spiro atoms. The molecule has 8 heteroatoms. The zero-order chi connectivity index (χ0) is 26.8. The van der Waals surface area contributed by atoms with E-state index in [0.29, 0.717) is 50.7 Å². The summed E-state index contributed by atoms with van der Waals surface area (Å²) in [7, 11) is 0. The Bertz CT molecular complexity index is 1250. The van der Waals surface area contributed by atoms with Crippen molar-refractivity contribution in [1.29, 1.82) is 0 Å². The number of amides is 1. The molecule has 4 rings (SSSR count). The molecule has 0 aliphatic carbocycles. The Hall–Kier alpha value is -3.36. The highest BCUT2D eigenvalue weighted by molar-refractivity contribution is 9.10. The van der Waals surface area contributed by atoms with Gasteiger partial charge in [0.25, 0.3) is 5.91 Å². The molecule has 1 heterocycles. The molecule has 0 saturated heterocycles. The van der Waals surface area contributed by atoms with Crippen molar-refractivity contribution in [2.24, 2.45) is 4.99 Å². The summed E-state index contributed by atoms with van der Waals surface area (Å²) in [4.78, 5) is 18.5. The molecule has 1 amide bonds. The first kappa shape index (κ1) is 27.7. The van der Waals surface area contributed by atoms with E-state index in [1.807, 2.05) is 79.7 Å². The Labute approximate surface area is 232 Å². The lowest BCUT2D eigenvalue weighted by Gasteiger charge is -2.24. The molecule has 0 unspecified atom stereocenters. The molecule has 1 atom stereocenters. The van der Waals surface area contributed by atoms with E-state index >= 15 is 0 Å². The maximum atomic E-state index is 13.7. The van der Waals surface area contributed by atoms with Gasteiger partial charge in [0.15, 0.2) is 5.54 Å². The van der Waals surface area contributed by atoms with Crippen LogP contribution >= 0.6 is 15.9 Å². The first-order chi connectivity index (χ1) is 18.5. The van der Waals surface area contributed by atoms with E-state index in [0.717, 1.165) is 26.9 Å². The van der Waals surface area contributed by atoms with Gasteiger partial charge in [0.2, 0.25) is 5.90 Å². The third kappa shape index (κ3) is 6.94. The number of para-hydroxylation sites is 1. The number of hydrogen-bond acceptors (Lipinski definition) is 6. The molecule has 200 valence electrons. The van der Waals surface area contributed by atoms with Gasteiger partial charge in [-0.3, -0.25) is 4.79 Å². The van der Waals surface area contributed by atoms with Crippen LogP contribution in [0.2, 0.25) is 0 Å². The van der Waals surface area contributed by atoms with Crippen LogP contribution in [0.5, 0.6) is 11.5 Å². The molecule has 3 aromatic carbocycles. The van der Waals surface area contributed by atoms with Crippen LogP contribution in [0.1, 0.15) is 30.0 Å². The largest absolute Gasteiger partial charge is 0.494 e. The van der Waals surface area contributed by atoms with Crippen LogP contribution in [0.25, 0.3) is 0 Å². The van der Waals surface area contributed by atoms with Crippen molar-refractivity contribution in [3.8, 4) is 11.5 Å².